The summed E-state index contributed by atoms with van der Waals surface area (Å²) in [7, 11) is 0. The topological polar surface area (TPSA) is 48.1 Å². The molecule has 2 N–H and O–H groups in total. The first-order valence-corrected chi connectivity index (χ1v) is 7.12. The van der Waals surface area contributed by atoms with Crippen LogP contribution in [0.15, 0.2) is 24.4 Å². The highest BCUT2D eigenvalue weighted by atomic mass is 32.1. The molecule has 0 unspecified atom stereocenters. The van der Waals surface area contributed by atoms with Gasteiger partial charge in [0.05, 0.1) is 4.88 Å². The molecule has 4 heteroatoms. The molecule has 19 heavy (non-hydrogen) atoms. The zero-order valence-electron chi connectivity index (χ0n) is 11.9. The van der Waals surface area contributed by atoms with Crippen LogP contribution < -0.4 is 10.5 Å². The number of nitrogen functional groups attached to an aromatic ring is 1. The maximum absolute atomic E-state index is 5.96. The van der Waals surface area contributed by atoms with E-state index in [1.165, 1.54) is 22.5 Å². The second kappa shape index (κ2) is 5.21. The number of aromatic nitrogens is 1. The Morgan fingerprint density at radius 2 is 2.05 bits per heavy atom. The molecule has 0 aliphatic heterocycles. The number of nitrogens with zero attached hydrogens (tertiary/aromatic N) is 1. The van der Waals surface area contributed by atoms with Crippen LogP contribution in [0, 0.1) is 6.92 Å². The van der Waals surface area contributed by atoms with E-state index in [0.717, 1.165) is 10.6 Å². The Labute approximate surface area is 118 Å². The molecule has 2 aromatic rings. The third-order valence-electron chi connectivity index (χ3n) is 2.89. The molecule has 3 nitrogen and oxygen atoms in total. The van der Waals surface area contributed by atoms with Gasteiger partial charge in [-0.3, -0.25) is 0 Å². The fourth-order valence-corrected chi connectivity index (χ4v) is 2.50. The van der Waals surface area contributed by atoms with Crippen molar-refractivity contribution in [1.29, 1.82) is 0 Å². The van der Waals surface area contributed by atoms with Gasteiger partial charge in [-0.05, 0) is 29.5 Å². The van der Waals surface area contributed by atoms with Gasteiger partial charge in [-0.15, -0.1) is 0 Å². The fraction of sp³-hybridized carbons (Fsp3) is 0.400. The van der Waals surface area contributed by atoms with Crippen molar-refractivity contribution in [2.24, 2.45) is 0 Å². The zero-order valence-corrected chi connectivity index (χ0v) is 12.7. The maximum Gasteiger partial charge on any atom is 0.180 e. The van der Waals surface area contributed by atoms with E-state index < -0.39 is 0 Å². The second-order valence-corrected chi connectivity index (χ2v) is 6.85. The first-order valence-electron chi connectivity index (χ1n) is 6.30. The van der Waals surface area contributed by atoms with Crippen LogP contribution in [-0.4, -0.2) is 4.98 Å². The summed E-state index contributed by atoms with van der Waals surface area (Å²) in [4.78, 5) is 5.07. The van der Waals surface area contributed by atoms with Crippen LogP contribution in [-0.2, 0) is 12.0 Å². The Morgan fingerprint density at radius 1 is 1.32 bits per heavy atom. The molecule has 2 rings (SSSR count). The molecule has 0 atom stereocenters. The van der Waals surface area contributed by atoms with Crippen LogP contribution >= 0.6 is 11.3 Å². The lowest BCUT2D eigenvalue weighted by atomic mass is 9.86. The van der Waals surface area contributed by atoms with E-state index in [1.807, 2.05) is 0 Å². The largest absolute Gasteiger partial charge is 0.488 e. The molecule has 0 amide bonds. The number of thiazole rings is 1. The summed E-state index contributed by atoms with van der Waals surface area (Å²) in [6.07, 6.45) is 1.77. The number of aryl methyl sites for hydroxylation is 1. The zero-order chi connectivity index (χ0) is 14.0. The molecule has 1 aromatic carbocycles. The monoisotopic (exact) mass is 276 g/mol. The molecule has 0 bridgehead atoms. The van der Waals surface area contributed by atoms with Gasteiger partial charge in [0.15, 0.2) is 5.13 Å². The molecule has 0 fully saturated rings. The number of benzene rings is 1. The molecule has 0 aliphatic carbocycles. The smallest absolute Gasteiger partial charge is 0.180 e. The summed E-state index contributed by atoms with van der Waals surface area (Å²) in [6.45, 7) is 9.16. The molecule has 0 radical (unpaired) electrons. The molecule has 0 saturated heterocycles. The first-order chi connectivity index (χ1) is 8.86. The Balaban J connectivity index is 2.21. The SMILES string of the molecule is Cc1ccc(C(C)(C)C)c(OCc2cnc(N)s2)c1. The lowest BCUT2D eigenvalue weighted by Gasteiger charge is -2.23. The first kappa shape index (κ1) is 13.9. The van der Waals surface area contributed by atoms with E-state index in [4.69, 9.17) is 10.5 Å². The van der Waals surface area contributed by atoms with Crippen LogP contribution in [0.4, 0.5) is 5.13 Å². The molecule has 102 valence electrons. The van der Waals surface area contributed by atoms with Gasteiger partial charge in [0.2, 0.25) is 0 Å². The van der Waals surface area contributed by atoms with E-state index in [0.29, 0.717) is 11.7 Å². The quantitative estimate of drug-likeness (QED) is 0.924. The molecule has 0 spiro atoms. The van der Waals surface area contributed by atoms with Crippen molar-refractivity contribution in [2.45, 2.75) is 39.7 Å². The summed E-state index contributed by atoms with van der Waals surface area (Å²) in [6, 6.07) is 6.36. The highest BCUT2D eigenvalue weighted by Gasteiger charge is 2.19. The van der Waals surface area contributed by atoms with E-state index >= 15 is 0 Å². The molecular formula is C15H20N2OS. The van der Waals surface area contributed by atoms with Gasteiger partial charge in [0.1, 0.15) is 12.4 Å². The highest BCUT2D eigenvalue weighted by molar-refractivity contribution is 7.15. The Morgan fingerprint density at radius 3 is 2.63 bits per heavy atom. The minimum Gasteiger partial charge on any atom is -0.488 e. The minimum absolute atomic E-state index is 0.0652. The third-order valence-corrected chi connectivity index (χ3v) is 3.69. The van der Waals surface area contributed by atoms with Crippen molar-refractivity contribution in [3.63, 3.8) is 0 Å². The van der Waals surface area contributed by atoms with E-state index in [9.17, 15) is 0 Å². The number of anilines is 1. The molecule has 1 aromatic heterocycles. The van der Waals surface area contributed by atoms with Gasteiger partial charge >= 0.3 is 0 Å². The Kier molecular flexibility index (Phi) is 3.80. The van der Waals surface area contributed by atoms with E-state index in [1.54, 1.807) is 6.20 Å². The van der Waals surface area contributed by atoms with Crippen LogP contribution in [0.3, 0.4) is 0 Å². The lowest BCUT2D eigenvalue weighted by Crippen LogP contribution is -2.13. The van der Waals surface area contributed by atoms with Crippen LogP contribution in [0.2, 0.25) is 0 Å². The van der Waals surface area contributed by atoms with Gasteiger partial charge in [-0.25, -0.2) is 4.98 Å². The molecule has 0 aliphatic rings. The summed E-state index contributed by atoms with van der Waals surface area (Å²) in [5, 5.41) is 0.582. The van der Waals surface area contributed by atoms with Gasteiger partial charge in [-0.2, -0.15) is 0 Å². The van der Waals surface area contributed by atoms with E-state index in [-0.39, 0.29) is 5.41 Å². The summed E-state index contributed by atoms with van der Waals surface area (Å²) in [5.74, 6) is 0.944. The standard InChI is InChI=1S/C15H20N2OS/c1-10-5-6-12(15(2,3)4)13(7-10)18-9-11-8-17-14(16)19-11/h5-8H,9H2,1-4H3,(H2,16,17). The summed E-state index contributed by atoms with van der Waals surface area (Å²) < 4.78 is 5.96. The predicted molar refractivity (Wildman–Crippen MR) is 80.7 cm³/mol. The number of nitrogens with two attached hydrogens (primary N) is 1. The summed E-state index contributed by atoms with van der Waals surface area (Å²) >= 11 is 1.47. The Bertz CT molecular complexity index is 570. The molecule has 1 heterocycles. The van der Waals surface area contributed by atoms with Crippen molar-refractivity contribution >= 4 is 16.5 Å². The second-order valence-electron chi connectivity index (χ2n) is 5.70. The number of hydrogen-bond acceptors (Lipinski definition) is 4. The van der Waals surface area contributed by atoms with Gasteiger partial charge < -0.3 is 10.5 Å². The van der Waals surface area contributed by atoms with Crippen molar-refractivity contribution in [1.82, 2.24) is 4.98 Å². The van der Waals surface area contributed by atoms with Gasteiger partial charge in [0, 0.05) is 6.20 Å². The normalized spacial score (nSPS) is 11.6. The minimum atomic E-state index is 0.0652. The molecule has 0 saturated carbocycles. The van der Waals surface area contributed by atoms with Gasteiger partial charge in [0.25, 0.3) is 0 Å². The van der Waals surface area contributed by atoms with Crippen molar-refractivity contribution in [3.8, 4) is 5.75 Å². The number of ether oxygens (including phenoxy) is 1. The summed E-state index contributed by atoms with van der Waals surface area (Å²) in [5.41, 5.74) is 8.11. The van der Waals surface area contributed by atoms with E-state index in [2.05, 4.69) is 50.9 Å². The van der Waals surface area contributed by atoms with Crippen LogP contribution in [0.1, 0.15) is 36.8 Å². The fourth-order valence-electron chi connectivity index (χ4n) is 1.91. The third kappa shape index (κ3) is 3.47. The Hall–Kier alpha value is -1.55. The average Bonchev–Trinajstić information content (AvgIpc) is 2.71. The van der Waals surface area contributed by atoms with Gasteiger partial charge in [-0.1, -0.05) is 44.2 Å². The highest BCUT2D eigenvalue weighted by Crippen LogP contribution is 2.32. The number of rotatable bonds is 3. The number of hydrogen-bond donors (Lipinski definition) is 1. The van der Waals surface area contributed by atoms with Crippen LogP contribution in [0.5, 0.6) is 5.75 Å². The van der Waals surface area contributed by atoms with Crippen molar-refractivity contribution < 1.29 is 4.74 Å². The van der Waals surface area contributed by atoms with Crippen molar-refractivity contribution in [3.05, 3.63) is 40.4 Å². The average molecular weight is 276 g/mol. The van der Waals surface area contributed by atoms with Crippen molar-refractivity contribution in [2.75, 3.05) is 5.73 Å². The predicted octanol–water partition coefficient (Wildman–Crippen LogP) is 3.91. The van der Waals surface area contributed by atoms with Crippen LogP contribution in [0.25, 0.3) is 0 Å². The maximum atomic E-state index is 5.96. The lowest BCUT2D eigenvalue weighted by molar-refractivity contribution is 0.300. The molecular weight excluding hydrogens is 256 g/mol.